The Balaban J connectivity index is 1.24. The molecular weight excluding hydrogens is 572 g/mol. The fourth-order valence-electron chi connectivity index (χ4n) is 4.19. The summed E-state index contributed by atoms with van der Waals surface area (Å²) >= 11 is 2.72. The standard InChI is InChI=1S/C31H24N4O5S2/c32-28(37)20-6-10-23(11-7-20)35-27(36)17-26(31(35)40)42-24-12-8-22(9-13-24)33-30(39)25(16-19-14-15-41-18-19)34-29(38)21-4-2-1-3-5-21/h1-16,18,26H,17H2,(H2,32,37)(H,33,39)(H,34,38)/b25-16-. The van der Waals surface area contributed by atoms with E-state index in [1.165, 1.54) is 47.4 Å². The van der Waals surface area contributed by atoms with Crippen LogP contribution in [-0.2, 0) is 14.4 Å². The minimum Gasteiger partial charge on any atom is -0.366 e. The van der Waals surface area contributed by atoms with Crippen LogP contribution in [0.15, 0.2) is 106 Å². The number of carbonyl (C=O) groups excluding carboxylic acids is 5. The van der Waals surface area contributed by atoms with Gasteiger partial charge in [-0.25, -0.2) is 4.90 Å². The van der Waals surface area contributed by atoms with E-state index >= 15 is 0 Å². The predicted octanol–water partition coefficient (Wildman–Crippen LogP) is 4.68. The van der Waals surface area contributed by atoms with Crippen LogP contribution in [0.2, 0.25) is 0 Å². The molecular formula is C31H24N4O5S2. The smallest absolute Gasteiger partial charge is 0.272 e. The Morgan fingerprint density at radius 1 is 0.905 bits per heavy atom. The number of anilines is 2. The maximum Gasteiger partial charge on any atom is 0.272 e. The molecule has 2 heterocycles. The largest absolute Gasteiger partial charge is 0.366 e. The highest BCUT2D eigenvalue weighted by molar-refractivity contribution is 8.00. The average Bonchev–Trinajstić information content (AvgIpc) is 3.61. The molecule has 3 aromatic carbocycles. The second-order valence-corrected chi connectivity index (χ2v) is 11.3. The third-order valence-corrected chi connectivity index (χ3v) is 8.19. The number of nitrogens with zero attached hydrogens (tertiary/aromatic N) is 1. The molecule has 9 nitrogen and oxygen atoms in total. The molecule has 0 bridgehead atoms. The van der Waals surface area contributed by atoms with Crippen molar-refractivity contribution in [3.8, 4) is 0 Å². The highest BCUT2D eigenvalue weighted by Gasteiger charge is 2.40. The Bertz CT molecular complexity index is 1670. The SMILES string of the molecule is NC(=O)c1ccc(N2C(=O)CC(Sc3ccc(NC(=O)/C(=C/c4ccsc4)NC(=O)c4ccccc4)cc3)C2=O)cc1. The number of imide groups is 1. The highest BCUT2D eigenvalue weighted by atomic mass is 32.2. The van der Waals surface area contributed by atoms with E-state index in [-0.39, 0.29) is 29.5 Å². The lowest BCUT2D eigenvalue weighted by Crippen LogP contribution is -2.31. The van der Waals surface area contributed by atoms with Crippen LogP contribution in [0, 0.1) is 0 Å². The van der Waals surface area contributed by atoms with Gasteiger partial charge in [0.15, 0.2) is 0 Å². The number of benzene rings is 3. The summed E-state index contributed by atoms with van der Waals surface area (Å²) in [5.41, 5.74) is 7.69. The van der Waals surface area contributed by atoms with Gasteiger partial charge in [-0.1, -0.05) is 18.2 Å². The normalized spacial score (nSPS) is 15.0. The monoisotopic (exact) mass is 596 g/mol. The Hall–Kier alpha value is -5.00. The van der Waals surface area contributed by atoms with Crippen molar-refractivity contribution in [2.45, 2.75) is 16.6 Å². The van der Waals surface area contributed by atoms with Crippen LogP contribution < -0.4 is 21.3 Å². The average molecular weight is 597 g/mol. The van der Waals surface area contributed by atoms with Crippen molar-refractivity contribution in [3.05, 3.63) is 118 Å². The van der Waals surface area contributed by atoms with Crippen LogP contribution in [-0.4, -0.2) is 34.8 Å². The van der Waals surface area contributed by atoms with Gasteiger partial charge in [0.05, 0.1) is 10.9 Å². The molecule has 42 heavy (non-hydrogen) atoms. The summed E-state index contributed by atoms with van der Waals surface area (Å²) in [5, 5.41) is 8.61. The Morgan fingerprint density at radius 2 is 1.62 bits per heavy atom. The van der Waals surface area contributed by atoms with E-state index in [1.54, 1.807) is 60.7 Å². The number of thiophene rings is 1. The molecule has 11 heteroatoms. The van der Waals surface area contributed by atoms with E-state index in [4.69, 9.17) is 5.73 Å². The van der Waals surface area contributed by atoms with E-state index in [0.717, 1.165) is 15.4 Å². The summed E-state index contributed by atoms with van der Waals surface area (Å²) in [6.45, 7) is 0. The van der Waals surface area contributed by atoms with Gasteiger partial charge in [-0.05, 0) is 89.1 Å². The molecule has 1 aromatic heterocycles. The second kappa shape index (κ2) is 12.7. The van der Waals surface area contributed by atoms with Crippen LogP contribution in [0.5, 0.6) is 0 Å². The van der Waals surface area contributed by atoms with E-state index in [9.17, 15) is 24.0 Å². The van der Waals surface area contributed by atoms with Crippen molar-refractivity contribution < 1.29 is 24.0 Å². The van der Waals surface area contributed by atoms with Gasteiger partial charge in [-0.2, -0.15) is 11.3 Å². The lowest BCUT2D eigenvalue weighted by Gasteiger charge is -2.15. The number of thioether (sulfide) groups is 1. The summed E-state index contributed by atoms with van der Waals surface area (Å²) in [4.78, 5) is 64.8. The van der Waals surface area contributed by atoms with Crippen molar-refractivity contribution in [3.63, 3.8) is 0 Å². The zero-order chi connectivity index (χ0) is 29.6. The summed E-state index contributed by atoms with van der Waals surface area (Å²) in [6, 6.07) is 23.3. The molecule has 5 amide bonds. The third kappa shape index (κ3) is 6.65. The zero-order valence-electron chi connectivity index (χ0n) is 22.0. The van der Waals surface area contributed by atoms with Gasteiger partial charge in [0.1, 0.15) is 5.70 Å². The van der Waals surface area contributed by atoms with Gasteiger partial charge in [0.2, 0.25) is 17.7 Å². The first kappa shape index (κ1) is 28.5. The van der Waals surface area contributed by atoms with Gasteiger partial charge in [0, 0.05) is 28.1 Å². The molecule has 0 aliphatic carbocycles. The second-order valence-electron chi connectivity index (χ2n) is 9.20. The quantitative estimate of drug-likeness (QED) is 0.189. The highest BCUT2D eigenvalue weighted by Crippen LogP contribution is 2.34. The fourth-order valence-corrected chi connectivity index (χ4v) is 5.86. The van der Waals surface area contributed by atoms with Crippen LogP contribution in [0.25, 0.3) is 6.08 Å². The van der Waals surface area contributed by atoms with Crippen LogP contribution >= 0.6 is 23.1 Å². The Kier molecular flexibility index (Phi) is 8.60. The van der Waals surface area contributed by atoms with E-state index < -0.39 is 23.0 Å². The molecule has 1 atom stereocenters. The Labute approximate surface area is 249 Å². The number of primary amides is 1. The number of hydrogen-bond donors (Lipinski definition) is 3. The predicted molar refractivity (Wildman–Crippen MR) is 163 cm³/mol. The van der Waals surface area contributed by atoms with E-state index in [0.29, 0.717) is 16.9 Å². The summed E-state index contributed by atoms with van der Waals surface area (Å²) in [7, 11) is 0. The molecule has 5 rings (SSSR count). The van der Waals surface area contributed by atoms with Crippen LogP contribution in [0.3, 0.4) is 0 Å². The number of nitrogens with one attached hydrogen (secondary N) is 2. The number of rotatable bonds is 9. The molecule has 210 valence electrons. The molecule has 1 unspecified atom stereocenters. The lowest BCUT2D eigenvalue weighted by atomic mass is 10.2. The first-order chi connectivity index (χ1) is 20.3. The van der Waals surface area contributed by atoms with E-state index in [1.807, 2.05) is 16.8 Å². The first-order valence-electron chi connectivity index (χ1n) is 12.7. The van der Waals surface area contributed by atoms with Crippen molar-refractivity contribution in [2.75, 3.05) is 10.2 Å². The van der Waals surface area contributed by atoms with Crippen LogP contribution in [0.4, 0.5) is 11.4 Å². The summed E-state index contributed by atoms with van der Waals surface area (Å²) < 4.78 is 0. The summed E-state index contributed by atoms with van der Waals surface area (Å²) in [6.07, 6.45) is 1.63. The number of carbonyl (C=O) groups is 5. The maximum atomic E-state index is 13.2. The summed E-state index contributed by atoms with van der Waals surface area (Å²) in [5.74, 6) is -2.20. The molecule has 1 saturated heterocycles. The van der Waals surface area contributed by atoms with Gasteiger partial charge >= 0.3 is 0 Å². The maximum absolute atomic E-state index is 13.2. The van der Waals surface area contributed by atoms with Crippen molar-refractivity contribution >= 4 is 70.1 Å². The van der Waals surface area contributed by atoms with Gasteiger partial charge in [-0.15, -0.1) is 11.8 Å². The van der Waals surface area contributed by atoms with Gasteiger partial charge in [0.25, 0.3) is 11.8 Å². The third-order valence-electron chi connectivity index (χ3n) is 6.29. The minimum atomic E-state index is -0.623. The molecule has 4 aromatic rings. The van der Waals surface area contributed by atoms with Crippen molar-refractivity contribution in [1.29, 1.82) is 0 Å². The molecule has 0 radical (unpaired) electrons. The fraction of sp³-hybridized carbons (Fsp3) is 0.0645. The zero-order valence-corrected chi connectivity index (χ0v) is 23.6. The number of hydrogen-bond acceptors (Lipinski definition) is 7. The van der Waals surface area contributed by atoms with E-state index in [2.05, 4.69) is 10.6 Å². The number of amides is 5. The molecule has 1 aliphatic rings. The molecule has 1 fully saturated rings. The van der Waals surface area contributed by atoms with Crippen LogP contribution in [0.1, 0.15) is 32.7 Å². The minimum absolute atomic E-state index is 0.0252. The van der Waals surface area contributed by atoms with Crippen molar-refractivity contribution in [1.82, 2.24) is 5.32 Å². The Morgan fingerprint density at radius 3 is 2.26 bits per heavy atom. The molecule has 4 N–H and O–H groups in total. The first-order valence-corrected chi connectivity index (χ1v) is 14.6. The molecule has 0 saturated carbocycles. The lowest BCUT2D eigenvalue weighted by molar-refractivity contribution is -0.121. The topological polar surface area (TPSA) is 139 Å². The number of nitrogens with two attached hydrogens (primary N) is 1. The van der Waals surface area contributed by atoms with Crippen molar-refractivity contribution in [2.24, 2.45) is 5.73 Å². The van der Waals surface area contributed by atoms with Gasteiger partial charge < -0.3 is 16.4 Å². The van der Waals surface area contributed by atoms with Gasteiger partial charge in [-0.3, -0.25) is 24.0 Å². The molecule has 1 aliphatic heterocycles. The molecule has 0 spiro atoms.